The van der Waals surface area contributed by atoms with Crippen molar-refractivity contribution in [2.45, 2.75) is 18.8 Å². The summed E-state index contributed by atoms with van der Waals surface area (Å²) in [5.74, 6) is 1.02. The minimum Gasteiger partial charge on any atom is -0.495 e. The summed E-state index contributed by atoms with van der Waals surface area (Å²) < 4.78 is 21.5. The van der Waals surface area contributed by atoms with Crippen molar-refractivity contribution in [2.75, 3.05) is 38.2 Å². The van der Waals surface area contributed by atoms with Crippen molar-refractivity contribution >= 4 is 11.6 Å². The van der Waals surface area contributed by atoms with Gasteiger partial charge in [0.25, 0.3) is 11.9 Å². The van der Waals surface area contributed by atoms with Gasteiger partial charge >= 0.3 is 0 Å². The van der Waals surface area contributed by atoms with Crippen molar-refractivity contribution in [2.24, 2.45) is 0 Å². The average molecular weight is 499 g/mol. The quantitative estimate of drug-likeness (QED) is 0.394. The first-order chi connectivity index (χ1) is 18.1. The molecule has 0 unspecified atom stereocenters. The van der Waals surface area contributed by atoms with Crippen LogP contribution >= 0.6 is 0 Å². The number of ether oxygens (including phenoxy) is 1. The van der Waals surface area contributed by atoms with E-state index in [-0.39, 0.29) is 17.6 Å². The van der Waals surface area contributed by atoms with E-state index in [4.69, 9.17) is 4.74 Å². The van der Waals surface area contributed by atoms with Gasteiger partial charge in [-0.25, -0.2) is 19.0 Å². The fourth-order valence-corrected chi connectivity index (χ4v) is 4.91. The number of amides is 1. The van der Waals surface area contributed by atoms with Crippen LogP contribution in [-0.4, -0.2) is 63.8 Å². The summed E-state index contributed by atoms with van der Waals surface area (Å²) in [6, 6.07) is 16.1. The molecule has 6 rings (SSSR count). The predicted octanol–water partition coefficient (Wildman–Crippen LogP) is 4.32. The van der Waals surface area contributed by atoms with E-state index in [2.05, 4.69) is 20.0 Å². The molecule has 1 aliphatic carbocycles. The molecular weight excluding hydrogens is 471 g/mol. The van der Waals surface area contributed by atoms with E-state index in [0.29, 0.717) is 48.9 Å². The van der Waals surface area contributed by atoms with E-state index in [9.17, 15) is 9.18 Å². The Balaban J connectivity index is 1.25. The van der Waals surface area contributed by atoms with Gasteiger partial charge in [0.1, 0.15) is 11.6 Å². The van der Waals surface area contributed by atoms with E-state index in [1.54, 1.807) is 48.5 Å². The molecule has 1 saturated carbocycles. The summed E-state index contributed by atoms with van der Waals surface area (Å²) in [6.07, 6.45) is 5.20. The number of para-hydroxylation sites is 2. The second-order valence-corrected chi connectivity index (χ2v) is 9.30. The van der Waals surface area contributed by atoms with Crippen molar-refractivity contribution in [1.82, 2.24) is 24.6 Å². The Hall–Kier alpha value is -4.27. The second-order valence-electron chi connectivity index (χ2n) is 9.30. The third kappa shape index (κ3) is 4.41. The van der Waals surface area contributed by atoms with Crippen molar-refractivity contribution in [3.63, 3.8) is 0 Å². The number of carbonyl (C=O) groups excluding carboxylic acids is 1. The summed E-state index contributed by atoms with van der Waals surface area (Å²) in [6.45, 7) is 2.64. The lowest BCUT2D eigenvalue weighted by atomic mass is 10.1. The summed E-state index contributed by atoms with van der Waals surface area (Å²) >= 11 is 0. The summed E-state index contributed by atoms with van der Waals surface area (Å²) in [4.78, 5) is 26.8. The maximum atomic E-state index is 14.4. The molecule has 2 aromatic heterocycles. The lowest BCUT2D eigenvalue weighted by molar-refractivity contribution is 0.0745. The first kappa shape index (κ1) is 23.1. The number of rotatable bonds is 6. The van der Waals surface area contributed by atoms with Gasteiger partial charge in [0.15, 0.2) is 0 Å². The fourth-order valence-electron chi connectivity index (χ4n) is 4.91. The highest BCUT2D eigenvalue weighted by Crippen LogP contribution is 2.42. The molecule has 188 valence electrons. The normalized spacial score (nSPS) is 15.6. The van der Waals surface area contributed by atoms with Crippen LogP contribution < -0.4 is 9.64 Å². The largest absolute Gasteiger partial charge is 0.495 e. The van der Waals surface area contributed by atoms with Crippen LogP contribution in [0.5, 0.6) is 5.75 Å². The number of halogens is 1. The first-order valence-corrected chi connectivity index (χ1v) is 12.5. The molecule has 1 aliphatic heterocycles. The molecule has 0 radical (unpaired) electrons. The number of carbonyl (C=O) groups is 1. The summed E-state index contributed by atoms with van der Waals surface area (Å²) in [5.41, 5.74) is 3.34. The van der Waals surface area contributed by atoms with Crippen LogP contribution in [0.4, 0.5) is 10.1 Å². The SMILES string of the molecule is COc1ccccc1N1CCN(C(=O)c2cnn(-c3nccc(-c4ccccc4F)n3)c2C2CC2)CC1. The smallest absolute Gasteiger partial charge is 0.257 e. The molecule has 2 fully saturated rings. The molecule has 1 saturated heterocycles. The maximum Gasteiger partial charge on any atom is 0.257 e. The van der Waals surface area contributed by atoms with Gasteiger partial charge in [0, 0.05) is 43.9 Å². The molecule has 37 heavy (non-hydrogen) atoms. The number of hydrogen-bond acceptors (Lipinski definition) is 6. The summed E-state index contributed by atoms with van der Waals surface area (Å²) in [7, 11) is 1.67. The van der Waals surface area contributed by atoms with Gasteiger partial charge < -0.3 is 14.5 Å². The lowest BCUT2D eigenvalue weighted by Crippen LogP contribution is -2.49. The number of hydrogen-bond donors (Lipinski definition) is 0. The molecule has 2 aliphatic rings. The van der Waals surface area contributed by atoms with Gasteiger partial charge in [-0.1, -0.05) is 24.3 Å². The van der Waals surface area contributed by atoms with E-state index >= 15 is 0 Å². The van der Waals surface area contributed by atoms with Gasteiger partial charge in [-0.15, -0.1) is 0 Å². The lowest BCUT2D eigenvalue weighted by Gasteiger charge is -2.36. The zero-order valence-electron chi connectivity index (χ0n) is 20.5. The number of anilines is 1. The molecule has 4 aromatic rings. The fraction of sp³-hybridized carbons (Fsp3) is 0.286. The van der Waals surface area contributed by atoms with E-state index in [0.717, 1.165) is 30.0 Å². The van der Waals surface area contributed by atoms with Gasteiger partial charge in [0.05, 0.1) is 35.9 Å². The monoisotopic (exact) mass is 498 g/mol. The average Bonchev–Trinajstić information content (AvgIpc) is 3.70. The number of benzene rings is 2. The first-order valence-electron chi connectivity index (χ1n) is 12.5. The van der Waals surface area contributed by atoms with Crippen LogP contribution in [0.3, 0.4) is 0 Å². The Kier molecular flexibility index (Phi) is 6.04. The molecule has 8 nitrogen and oxygen atoms in total. The van der Waals surface area contributed by atoms with Gasteiger partial charge in [0.2, 0.25) is 0 Å². The maximum absolute atomic E-state index is 14.4. The number of nitrogens with zero attached hydrogens (tertiary/aromatic N) is 6. The molecule has 1 amide bonds. The zero-order valence-corrected chi connectivity index (χ0v) is 20.5. The third-order valence-corrected chi connectivity index (χ3v) is 6.98. The Morgan fingerprint density at radius 2 is 1.76 bits per heavy atom. The topological polar surface area (TPSA) is 76.4 Å². The number of methoxy groups -OCH3 is 1. The molecular formula is C28H27FN6O2. The Morgan fingerprint density at radius 3 is 2.51 bits per heavy atom. The minimum atomic E-state index is -0.349. The summed E-state index contributed by atoms with van der Waals surface area (Å²) in [5, 5.41) is 4.53. The second kappa shape index (κ2) is 9.65. The van der Waals surface area contributed by atoms with Crippen molar-refractivity contribution in [1.29, 1.82) is 0 Å². The van der Waals surface area contributed by atoms with Crippen LogP contribution in [0.2, 0.25) is 0 Å². The Bertz CT molecular complexity index is 1440. The molecule has 2 aromatic carbocycles. The standard InChI is InChI=1S/C28H27FN6O2/c1-37-25-9-5-4-8-24(25)33-14-16-34(17-15-33)27(36)21-18-31-35(26(21)19-10-11-19)28-30-13-12-23(32-28)20-6-2-3-7-22(20)29/h2-9,12-13,18-19H,10-11,14-17H2,1H3. The van der Waals surface area contributed by atoms with Gasteiger partial charge in [-0.3, -0.25) is 4.79 Å². The molecule has 3 heterocycles. The minimum absolute atomic E-state index is 0.0296. The molecule has 0 spiro atoms. The Labute approximate surface area is 214 Å². The van der Waals surface area contributed by atoms with E-state index in [1.807, 2.05) is 29.2 Å². The number of piperazine rings is 1. The van der Waals surface area contributed by atoms with Crippen LogP contribution in [0.1, 0.15) is 34.8 Å². The zero-order chi connectivity index (χ0) is 25.4. The van der Waals surface area contributed by atoms with Crippen LogP contribution in [0.25, 0.3) is 17.2 Å². The van der Waals surface area contributed by atoms with Crippen LogP contribution in [-0.2, 0) is 0 Å². The highest BCUT2D eigenvalue weighted by atomic mass is 19.1. The molecule has 0 N–H and O–H groups in total. The van der Waals surface area contributed by atoms with Crippen molar-refractivity contribution in [3.8, 4) is 23.0 Å². The van der Waals surface area contributed by atoms with Crippen molar-refractivity contribution < 1.29 is 13.9 Å². The highest BCUT2D eigenvalue weighted by molar-refractivity contribution is 5.95. The van der Waals surface area contributed by atoms with Crippen molar-refractivity contribution in [3.05, 3.63) is 84.1 Å². The third-order valence-electron chi connectivity index (χ3n) is 6.98. The highest BCUT2D eigenvalue weighted by Gasteiger charge is 2.35. The molecule has 9 heteroatoms. The van der Waals surface area contributed by atoms with E-state index in [1.165, 1.54) is 6.07 Å². The number of aromatic nitrogens is 4. The van der Waals surface area contributed by atoms with Crippen LogP contribution in [0.15, 0.2) is 67.0 Å². The Morgan fingerprint density at radius 1 is 1.00 bits per heavy atom. The van der Waals surface area contributed by atoms with Gasteiger partial charge in [-0.2, -0.15) is 5.10 Å². The van der Waals surface area contributed by atoms with Crippen LogP contribution in [0, 0.1) is 5.82 Å². The molecule has 0 bridgehead atoms. The van der Waals surface area contributed by atoms with Gasteiger partial charge in [-0.05, 0) is 43.2 Å². The van der Waals surface area contributed by atoms with E-state index < -0.39 is 0 Å². The predicted molar refractivity (Wildman–Crippen MR) is 138 cm³/mol. The molecule has 0 atom stereocenters.